The van der Waals surface area contributed by atoms with Crippen LogP contribution in [0.4, 0.5) is 10.5 Å². The van der Waals surface area contributed by atoms with Gasteiger partial charge in [-0.1, -0.05) is 19.9 Å². The van der Waals surface area contributed by atoms with Crippen molar-refractivity contribution in [3.05, 3.63) is 41.7 Å². The molecule has 130 valence electrons. The van der Waals surface area contributed by atoms with Gasteiger partial charge in [0.15, 0.2) is 0 Å². The molecule has 0 radical (unpaired) electrons. The minimum absolute atomic E-state index is 0.0483. The van der Waals surface area contributed by atoms with Gasteiger partial charge in [0.1, 0.15) is 0 Å². The smallest absolute Gasteiger partial charge is 0.319 e. The number of carbonyl (C=O) groups is 1. The average Bonchev–Trinajstić information content (AvgIpc) is 2.84. The molecule has 1 unspecified atom stereocenters. The minimum atomic E-state index is -0.942. The van der Waals surface area contributed by atoms with Gasteiger partial charge in [-0.15, -0.1) is 0 Å². The Hall–Kier alpha value is -2.34. The Kier molecular flexibility index (Phi) is 5.29. The molecule has 1 heterocycles. The summed E-state index contributed by atoms with van der Waals surface area (Å²) in [5.74, 6) is 0.0483. The van der Waals surface area contributed by atoms with Crippen LogP contribution in [0.5, 0.6) is 0 Å². The number of urea groups is 1. The topological polar surface area (TPSA) is 79.2 Å². The van der Waals surface area contributed by atoms with E-state index in [0.717, 1.165) is 17.1 Å². The predicted octanol–water partition coefficient (Wildman–Crippen LogP) is 3.02. The molecule has 0 fully saturated rings. The normalized spacial score (nSPS) is 13.6. The minimum Gasteiger partial charge on any atom is -0.388 e. The quantitative estimate of drug-likeness (QED) is 0.788. The zero-order chi connectivity index (χ0) is 17.9. The van der Waals surface area contributed by atoms with Crippen molar-refractivity contribution in [1.29, 1.82) is 0 Å². The Morgan fingerprint density at radius 2 is 2.04 bits per heavy atom. The first-order valence-electron chi connectivity index (χ1n) is 8.10. The summed E-state index contributed by atoms with van der Waals surface area (Å²) in [5, 5.41) is 20.1. The Morgan fingerprint density at radius 1 is 1.33 bits per heavy atom. The first-order chi connectivity index (χ1) is 11.2. The molecular weight excluding hydrogens is 304 g/mol. The van der Waals surface area contributed by atoms with Crippen LogP contribution in [-0.4, -0.2) is 33.1 Å². The molecule has 6 nitrogen and oxygen atoms in total. The van der Waals surface area contributed by atoms with Gasteiger partial charge in [0, 0.05) is 17.9 Å². The SMILES string of the molecule is Cc1cc(C)n(-c2cccc(NC(=O)NCC(C)(O)C(C)C)c2)n1. The summed E-state index contributed by atoms with van der Waals surface area (Å²) in [4.78, 5) is 12.0. The van der Waals surface area contributed by atoms with Gasteiger partial charge >= 0.3 is 6.03 Å². The highest BCUT2D eigenvalue weighted by molar-refractivity contribution is 5.89. The molecule has 0 saturated heterocycles. The molecule has 1 aromatic heterocycles. The number of anilines is 1. The van der Waals surface area contributed by atoms with E-state index in [9.17, 15) is 9.90 Å². The molecule has 0 aliphatic heterocycles. The highest BCUT2D eigenvalue weighted by atomic mass is 16.3. The fourth-order valence-electron chi connectivity index (χ4n) is 2.24. The van der Waals surface area contributed by atoms with Gasteiger partial charge in [-0.05, 0) is 51.0 Å². The number of nitrogens with zero attached hydrogens (tertiary/aromatic N) is 2. The van der Waals surface area contributed by atoms with Gasteiger partial charge in [0.05, 0.1) is 17.0 Å². The summed E-state index contributed by atoms with van der Waals surface area (Å²) >= 11 is 0. The standard InChI is InChI=1S/C18H26N4O2/c1-12(2)18(5,24)11-19-17(23)20-15-7-6-8-16(10-15)22-14(4)9-13(3)21-22/h6-10,12,24H,11H2,1-5H3,(H2,19,20,23). The van der Waals surface area contributed by atoms with E-state index in [4.69, 9.17) is 0 Å². The zero-order valence-electron chi connectivity index (χ0n) is 14.9. The Labute approximate surface area is 142 Å². The monoisotopic (exact) mass is 330 g/mol. The lowest BCUT2D eigenvalue weighted by Gasteiger charge is -2.27. The summed E-state index contributed by atoms with van der Waals surface area (Å²) in [5.41, 5.74) is 2.58. The van der Waals surface area contributed by atoms with Crippen LogP contribution in [0.25, 0.3) is 5.69 Å². The lowest BCUT2D eigenvalue weighted by atomic mass is 9.93. The largest absolute Gasteiger partial charge is 0.388 e. The molecule has 3 N–H and O–H groups in total. The number of benzene rings is 1. The first-order valence-corrected chi connectivity index (χ1v) is 8.10. The molecule has 0 aliphatic rings. The molecule has 1 aromatic carbocycles. The van der Waals surface area contributed by atoms with Gasteiger partial charge in [0.2, 0.25) is 0 Å². The molecule has 24 heavy (non-hydrogen) atoms. The summed E-state index contributed by atoms with van der Waals surface area (Å²) in [6.07, 6.45) is 0. The third-order valence-corrected chi connectivity index (χ3v) is 4.21. The number of aryl methyl sites for hydroxylation is 2. The van der Waals surface area contributed by atoms with Gasteiger partial charge in [-0.3, -0.25) is 0 Å². The van der Waals surface area contributed by atoms with E-state index < -0.39 is 5.60 Å². The molecule has 2 amide bonds. The van der Waals surface area contributed by atoms with Crippen molar-refractivity contribution in [3.63, 3.8) is 0 Å². The summed E-state index contributed by atoms with van der Waals surface area (Å²) in [6, 6.07) is 9.13. The van der Waals surface area contributed by atoms with Crippen molar-refractivity contribution in [2.24, 2.45) is 5.92 Å². The van der Waals surface area contributed by atoms with Crippen LogP contribution in [0.15, 0.2) is 30.3 Å². The molecule has 0 aliphatic carbocycles. The first kappa shape index (κ1) is 18.0. The number of carbonyl (C=O) groups excluding carboxylic acids is 1. The Balaban J connectivity index is 2.04. The van der Waals surface area contributed by atoms with Gasteiger partial charge in [-0.25, -0.2) is 9.48 Å². The summed E-state index contributed by atoms with van der Waals surface area (Å²) in [6.45, 7) is 9.66. The van der Waals surface area contributed by atoms with E-state index in [1.54, 1.807) is 6.92 Å². The van der Waals surface area contributed by atoms with Gasteiger partial charge in [0.25, 0.3) is 0 Å². The lowest BCUT2D eigenvalue weighted by molar-refractivity contribution is 0.0170. The Morgan fingerprint density at radius 3 is 2.62 bits per heavy atom. The second-order valence-electron chi connectivity index (χ2n) is 6.71. The fourth-order valence-corrected chi connectivity index (χ4v) is 2.24. The number of nitrogens with one attached hydrogen (secondary N) is 2. The van der Waals surface area contributed by atoms with Crippen LogP contribution in [0.3, 0.4) is 0 Å². The van der Waals surface area contributed by atoms with Gasteiger partial charge in [-0.2, -0.15) is 5.10 Å². The number of hydrogen-bond donors (Lipinski definition) is 3. The van der Waals surface area contributed by atoms with E-state index in [2.05, 4.69) is 15.7 Å². The van der Waals surface area contributed by atoms with Crippen molar-refractivity contribution in [1.82, 2.24) is 15.1 Å². The number of aromatic nitrogens is 2. The number of rotatable bonds is 5. The second kappa shape index (κ2) is 7.05. The molecule has 2 rings (SSSR count). The molecule has 0 saturated carbocycles. The van der Waals surface area contributed by atoms with Crippen molar-refractivity contribution in [3.8, 4) is 5.69 Å². The maximum atomic E-state index is 12.0. The number of hydrogen-bond acceptors (Lipinski definition) is 3. The van der Waals surface area contributed by atoms with Crippen molar-refractivity contribution < 1.29 is 9.90 Å². The molecule has 6 heteroatoms. The van der Waals surface area contributed by atoms with Crippen LogP contribution in [0.1, 0.15) is 32.2 Å². The lowest BCUT2D eigenvalue weighted by Crippen LogP contribution is -2.45. The second-order valence-corrected chi connectivity index (χ2v) is 6.71. The highest BCUT2D eigenvalue weighted by Crippen LogP contribution is 2.17. The molecule has 1 atom stereocenters. The van der Waals surface area contributed by atoms with Crippen LogP contribution in [0.2, 0.25) is 0 Å². The predicted molar refractivity (Wildman–Crippen MR) is 95.5 cm³/mol. The van der Waals surface area contributed by atoms with Crippen LogP contribution in [0, 0.1) is 19.8 Å². The van der Waals surface area contributed by atoms with Crippen molar-refractivity contribution in [2.75, 3.05) is 11.9 Å². The maximum absolute atomic E-state index is 12.0. The van der Waals surface area contributed by atoms with E-state index in [-0.39, 0.29) is 18.5 Å². The third kappa shape index (κ3) is 4.35. The molecule has 2 aromatic rings. The van der Waals surface area contributed by atoms with Crippen LogP contribution < -0.4 is 10.6 Å². The van der Waals surface area contributed by atoms with E-state index in [0.29, 0.717) is 5.69 Å². The maximum Gasteiger partial charge on any atom is 0.319 e. The number of amides is 2. The van der Waals surface area contributed by atoms with E-state index in [1.807, 2.05) is 62.7 Å². The fraction of sp³-hybridized carbons (Fsp3) is 0.444. The van der Waals surface area contributed by atoms with Crippen molar-refractivity contribution >= 4 is 11.7 Å². The molecule has 0 spiro atoms. The van der Waals surface area contributed by atoms with E-state index in [1.165, 1.54) is 0 Å². The summed E-state index contributed by atoms with van der Waals surface area (Å²) < 4.78 is 1.84. The van der Waals surface area contributed by atoms with Crippen molar-refractivity contribution in [2.45, 2.75) is 40.2 Å². The molecule has 0 bridgehead atoms. The van der Waals surface area contributed by atoms with Crippen LogP contribution in [-0.2, 0) is 0 Å². The zero-order valence-corrected chi connectivity index (χ0v) is 14.9. The van der Waals surface area contributed by atoms with Crippen LogP contribution >= 0.6 is 0 Å². The summed E-state index contributed by atoms with van der Waals surface area (Å²) in [7, 11) is 0. The number of aliphatic hydroxyl groups is 1. The molecular formula is C18H26N4O2. The average molecular weight is 330 g/mol. The Bertz CT molecular complexity index is 720. The highest BCUT2D eigenvalue weighted by Gasteiger charge is 2.25. The van der Waals surface area contributed by atoms with Gasteiger partial charge < -0.3 is 15.7 Å². The third-order valence-electron chi connectivity index (χ3n) is 4.21. The van der Waals surface area contributed by atoms with E-state index >= 15 is 0 Å².